The fourth-order valence-electron chi connectivity index (χ4n) is 2.03. The second kappa shape index (κ2) is 6.58. The van der Waals surface area contributed by atoms with Crippen molar-refractivity contribution < 1.29 is 9.90 Å². The van der Waals surface area contributed by atoms with Crippen LogP contribution in [0.2, 0.25) is 0 Å². The Morgan fingerprint density at radius 3 is 2.36 bits per heavy atom. The normalized spacial score (nSPS) is 11.0. The fraction of sp³-hybridized carbons (Fsp3) is 0.0588. The second-order valence-electron chi connectivity index (χ2n) is 4.80. The Kier molecular flexibility index (Phi) is 4.58. The maximum absolute atomic E-state index is 11.8. The number of rotatable bonds is 3. The number of phenols is 1. The summed E-state index contributed by atoms with van der Waals surface area (Å²) in [6.45, 7) is 1.66. The molecule has 0 radical (unpaired) electrons. The van der Waals surface area contributed by atoms with Crippen molar-refractivity contribution >= 4 is 17.9 Å². The lowest BCUT2D eigenvalue weighted by Gasteiger charge is -2.07. The summed E-state index contributed by atoms with van der Waals surface area (Å²) in [7, 11) is 0. The van der Waals surface area contributed by atoms with Gasteiger partial charge in [0.2, 0.25) is 0 Å². The molecule has 0 aromatic heterocycles. The average Bonchev–Trinajstić information content (AvgIpc) is 2.48. The van der Waals surface area contributed by atoms with Gasteiger partial charge in [-0.2, -0.15) is 4.99 Å². The van der Waals surface area contributed by atoms with Crippen molar-refractivity contribution in [2.75, 3.05) is 0 Å². The van der Waals surface area contributed by atoms with Gasteiger partial charge in [0, 0.05) is 5.57 Å². The van der Waals surface area contributed by atoms with Crippen LogP contribution < -0.4 is 11.5 Å². The van der Waals surface area contributed by atoms with Crippen LogP contribution in [0.15, 0.2) is 59.1 Å². The number of carbonyl (C=O) groups excluding carboxylic acids is 1. The van der Waals surface area contributed by atoms with E-state index in [1.165, 1.54) is 0 Å². The van der Waals surface area contributed by atoms with Crippen LogP contribution in [0.3, 0.4) is 0 Å². The highest BCUT2D eigenvalue weighted by Gasteiger charge is 2.07. The number of guanidine groups is 1. The number of amides is 1. The van der Waals surface area contributed by atoms with Crippen molar-refractivity contribution in [1.29, 1.82) is 0 Å². The Hall–Kier alpha value is -3.08. The number of nitrogens with two attached hydrogens (primary N) is 2. The summed E-state index contributed by atoms with van der Waals surface area (Å²) in [5.74, 6) is -0.527. The molecule has 0 spiro atoms. The van der Waals surface area contributed by atoms with E-state index in [0.717, 1.165) is 16.7 Å². The lowest BCUT2D eigenvalue weighted by atomic mass is 9.98. The van der Waals surface area contributed by atoms with Gasteiger partial charge in [0.25, 0.3) is 5.91 Å². The molecule has 0 saturated carbocycles. The highest BCUT2D eigenvalue weighted by atomic mass is 16.3. The fourth-order valence-corrected chi connectivity index (χ4v) is 2.03. The van der Waals surface area contributed by atoms with Crippen molar-refractivity contribution in [3.05, 3.63) is 59.7 Å². The predicted octanol–water partition coefficient (Wildman–Crippen LogP) is 2.26. The molecule has 0 aliphatic heterocycles. The van der Waals surface area contributed by atoms with Crippen LogP contribution in [0.25, 0.3) is 17.2 Å². The van der Waals surface area contributed by atoms with E-state index >= 15 is 0 Å². The molecule has 5 nitrogen and oxygen atoms in total. The molecule has 0 aliphatic rings. The Morgan fingerprint density at radius 1 is 1.09 bits per heavy atom. The highest BCUT2D eigenvalue weighted by molar-refractivity contribution is 6.04. The lowest BCUT2D eigenvalue weighted by Crippen LogP contribution is -2.24. The highest BCUT2D eigenvalue weighted by Crippen LogP contribution is 2.27. The predicted molar refractivity (Wildman–Crippen MR) is 88.0 cm³/mol. The number of hydrogen-bond acceptors (Lipinski definition) is 2. The van der Waals surface area contributed by atoms with E-state index in [4.69, 9.17) is 11.5 Å². The summed E-state index contributed by atoms with van der Waals surface area (Å²) in [5, 5.41) is 9.38. The number of phenolic OH excluding ortho intramolecular Hbond substituents is 1. The zero-order valence-corrected chi connectivity index (χ0v) is 12.2. The SMILES string of the molecule is C/C(=C\c1ccccc1-c1ccc(O)cc1)C(=O)N=C(N)N. The van der Waals surface area contributed by atoms with Crippen LogP contribution in [0.5, 0.6) is 5.75 Å². The summed E-state index contributed by atoms with van der Waals surface area (Å²) in [5.41, 5.74) is 13.6. The zero-order chi connectivity index (χ0) is 16.1. The van der Waals surface area contributed by atoms with E-state index in [9.17, 15) is 9.90 Å². The van der Waals surface area contributed by atoms with E-state index < -0.39 is 5.91 Å². The van der Waals surface area contributed by atoms with Gasteiger partial charge in [0.05, 0.1) is 0 Å². The minimum absolute atomic E-state index is 0.205. The van der Waals surface area contributed by atoms with Gasteiger partial charge in [0.15, 0.2) is 5.96 Å². The van der Waals surface area contributed by atoms with Crippen LogP contribution in [0, 0.1) is 0 Å². The van der Waals surface area contributed by atoms with Crippen molar-refractivity contribution in [3.63, 3.8) is 0 Å². The van der Waals surface area contributed by atoms with E-state index in [-0.39, 0.29) is 11.7 Å². The Morgan fingerprint density at radius 2 is 1.73 bits per heavy atom. The smallest absolute Gasteiger partial charge is 0.275 e. The van der Waals surface area contributed by atoms with Gasteiger partial charge in [-0.3, -0.25) is 4.79 Å². The standard InChI is InChI=1S/C17H17N3O2/c1-11(16(22)20-17(18)19)10-13-4-2-3-5-15(13)12-6-8-14(21)9-7-12/h2-10,21H,1H3,(H4,18,19,20,22)/b11-10+. The van der Waals surface area contributed by atoms with Gasteiger partial charge in [-0.25, -0.2) is 0 Å². The molecule has 112 valence electrons. The van der Waals surface area contributed by atoms with E-state index in [2.05, 4.69) is 4.99 Å². The molecule has 0 saturated heterocycles. The third-order valence-corrected chi connectivity index (χ3v) is 3.08. The molecule has 22 heavy (non-hydrogen) atoms. The lowest BCUT2D eigenvalue weighted by molar-refractivity contribution is -0.114. The Labute approximate surface area is 128 Å². The second-order valence-corrected chi connectivity index (χ2v) is 4.80. The van der Waals surface area contributed by atoms with E-state index in [1.807, 2.05) is 36.4 Å². The Balaban J connectivity index is 2.43. The number of nitrogens with zero attached hydrogens (tertiary/aromatic N) is 1. The maximum Gasteiger partial charge on any atom is 0.275 e. The molecule has 5 heteroatoms. The molecule has 2 aromatic carbocycles. The number of hydrogen-bond donors (Lipinski definition) is 3. The van der Waals surface area contributed by atoms with E-state index in [0.29, 0.717) is 5.57 Å². The van der Waals surface area contributed by atoms with Crippen molar-refractivity contribution in [2.45, 2.75) is 6.92 Å². The van der Waals surface area contributed by atoms with Crippen molar-refractivity contribution in [1.82, 2.24) is 0 Å². The summed E-state index contributed by atoms with van der Waals surface area (Å²) in [6.07, 6.45) is 1.73. The monoisotopic (exact) mass is 295 g/mol. The van der Waals surface area contributed by atoms with Gasteiger partial charge in [0.1, 0.15) is 5.75 Å². The Bertz CT molecular complexity index is 743. The van der Waals surface area contributed by atoms with Crippen LogP contribution in [0.4, 0.5) is 0 Å². The van der Waals surface area contributed by atoms with Crippen LogP contribution in [-0.2, 0) is 4.79 Å². The third-order valence-electron chi connectivity index (χ3n) is 3.08. The topological polar surface area (TPSA) is 102 Å². The molecular formula is C17H17N3O2. The number of aliphatic imine (C=N–C) groups is 1. The number of carbonyl (C=O) groups is 1. The minimum atomic E-state index is -0.472. The summed E-state index contributed by atoms with van der Waals surface area (Å²) < 4.78 is 0. The molecule has 0 unspecified atom stereocenters. The van der Waals surface area contributed by atoms with Gasteiger partial charge < -0.3 is 16.6 Å². The molecule has 0 heterocycles. The molecule has 2 rings (SSSR count). The summed E-state index contributed by atoms with van der Waals surface area (Å²) in [6, 6.07) is 14.5. The van der Waals surface area contributed by atoms with Gasteiger partial charge >= 0.3 is 0 Å². The number of benzene rings is 2. The zero-order valence-electron chi connectivity index (χ0n) is 12.2. The minimum Gasteiger partial charge on any atom is -0.508 e. The molecule has 5 N–H and O–H groups in total. The third kappa shape index (κ3) is 3.73. The first kappa shape index (κ1) is 15.3. The molecule has 0 atom stereocenters. The average molecular weight is 295 g/mol. The summed E-state index contributed by atoms with van der Waals surface area (Å²) >= 11 is 0. The molecule has 0 aliphatic carbocycles. The van der Waals surface area contributed by atoms with Gasteiger partial charge in [-0.15, -0.1) is 0 Å². The quantitative estimate of drug-likeness (QED) is 0.459. The van der Waals surface area contributed by atoms with Crippen LogP contribution in [-0.4, -0.2) is 17.0 Å². The molecule has 2 aromatic rings. The van der Waals surface area contributed by atoms with Gasteiger partial charge in [-0.1, -0.05) is 36.4 Å². The molecule has 1 amide bonds. The molecule has 0 bridgehead atoms. The maximum atomic E-state index is 11.8. The first-order valence-corrected chi connectivity index (χ1v) is 6.68. The van der Waals surface area contributed by atoms with E-state index in [1.54, 1.807) is 25.1 Å². The molecule has 0 fully saturated rings. The number of aromatic hydroxyl groups is 1. The first-order chi connectivity index (χ1) is 10.5. The van der Waals surface area contributed by atoms with Gasteiger partial charge in [-0.05, 0) is 41.8 Å². The van der Waals surface area contributed by atoms with Crippen molar-refractivity contribution in [2.24, 2.45) is 16.5 Å². The van der Waals surface area contributed by atoms with Crippen LogP contribution >= 0.6 is 0 Å². The summed E-state index contributed by atoms with van der Waals surface area (Å²) in [4.78, 5) is 15.3. The molecular weight excluding hydrogens is 278 g/mol. The van der Waals surface area contributed by atoms with Crippen molar-refractivity contribution in [3.8, 4) is 16.9 Å². The largest absolute Gasteiger partial charge is 0.508 e. The first-order valence-electron chi connectivity index (χ1n) is 6.68. The van der Waals surface area contributed by atoms with Crippen LogP contribution in [0.1, 0.15) is 12.5 Å².